The zero-order valence-electron chi connectivity index (χ0n) is 18.0. The maximum absolute atomic E-state index is 13.0. The SMILES string of the molecule is CCOc1cc(C)c(C(C)C)cc1S(=O)(=O)NCCc1ccc(OC)c(OC)c1. The molecular weight excluding hydrogens is 390 g/mol. The van der Waals surface area contributed by atoms with E-state index >= 15 is 0 Å². The molecule has 2 rings (SSSR count). The fraction of sp³-hybridized carbons (Fsp3) is 0.455. The van der Waals surface area contributed by atoms with Crippen LogP contribution in [-0.2, 0) is 16.4 Å². The normalized spacial score (nSPS) is 11.6. The minimum Gasteiger partial charge on any atom is -0.493 e. The number of benzene rings is 2. The topological polar surface area (TPSA) is 73.9 Å². The van der Waals surface area contributed by atoms with Gasteiger partial charge in [0.1, 0.15) is 10.6 Å². The zero-order valence-corrected chi connectivity index (χ0v) is 18.9. The minimum atomic E-state index is -3.72. The number of aryl methyl sites for hydroxylation is 1. The van der Waals surface area contributed by atoms with Crippen molar-refractivity contribution in [2.45, 2.75) is 44.9 Å². The maximum atomic E-state index is 13.0. The van der Waals surface area contributed by atoms with Gasteiger partial charge in [-0.25, -0.2) is 13.1 Å². The Balaban J connectivity index is 2.22. The van der Waals surface area contributed by atoms with E-state index in [0.29, 0.717) is 30.3 Å². The summed E-state index contributed by atoms with van der Waals surface area (Å²) in [6.07, 6.45) is 0.520. The van der Waals surface area contributed by atoms with Gasteiger partial charge in [-0.15, -0.1) is 0 Å². The largest absolute Gasteiger partial charge is 0.493 e. The fourth-order valence-corrected chi connectivity index (χ4v) is 4.41. The molecule has 0 spiro atoms. The first kappa shape index (κ1) is 23.0. The van der Waals surface area contributed by atoms with Gasteiger partial charge in [-0.2, -0.15) is 0 Å². The average molecular weight is 422 g/mol. The second kappa shape index (κ2) is 9.98. The van der Waals surface area contributed by atoms with Crippen molar-refractivity contribution in [3.63, 3.8) is 0 Å². The Kier molecular flexibility index (Phi) is 7.93. The molecule has 2 aromatic carbocycles. The molecule has 0 unspecified atom stereocenters. The maximum Gasteiger partial charge on any atom is 0.244 e. The molecule has 7 heteroatoms. The van der Waals surface area contributed by atoms with Gasteiger partial charge >= 0.3 is 0 Å². The van der Waals surface area contributed by atoms with Crippen molar-refractivity contribution in [3.8, 4) is 17.2 Å². The van der Waals surface area contributed by atoms with Gasteiger partial charge in [-0.3, -0.25) is 0 Å². The summed E-state index contributed by atoms with van der Waals surface area (Å²) in [5, 5.41) is 0. The number of nitrogens with one attached hydrogen (secondary N) is 1. The van der Waals surface area contributed by atoms with E-state index in [1.54, 1.807) is 20.3 Å². The van der Waals surface area contributed by atoms with Crippen molar-refractivity contribution in [1.29, 1.82) is 0 Å². The predicted molar refractivity (Wildman–Crippen MR) is 115 cm³/mol. The fourth-order valence-electron chi connectivity index (χ4n) is 3.22. The highest BCUT2D eigenvalue weighted by atomic mass is 32.2. The molecule has 0 aliphatic rings. The molecule has 6 nitrogen and oxygen atoms in total. The van der Waals surface area contributed by atoms with E-state index < -0.39 is 10.0 Å². The third kappa shape index (κ3) is 5.64. The lowest BCUT2D eigenvalue weighted by Crippen LogP contribution is -2.27. The highest BCUT2D eigenvalue weighted by molar-refractivity contribution is 7.89. The van der Waals surface area contributed by atoms with Crippen molar-refractivity contribution in [3.05, 3.63) is 47.0 Å². The molecule has 0 fully saturated rings. The van der Waals surface area contributed by atoms with E-state index in [1.165, 1.54) is 0 Å². The van der Waals surface area contributed by atoms with Crippen LogP contribution < -0.4 is 18.9 Å². The van der Waals surface area contributed by atoms with Gasteiger partial charge in [0.2, 0.25) is 10.0 Å². The van der Waals surface area contributed by atoms with E-state index in [9.17, 15) is 8.42 Å². The molecule has 0 radical (unpaired) electrons. The van der Waals surface area contributed by atoms with Gasteiger partial charge in [0, 0.05) is 6.54 Å². The number of rotatable bonds is 10. The first-order chi connectivity index (χ1) is 13.7. The van der Waals surface area contributed by atoms with E-state index in [2.05, 4.69) is 4.72 Å². The monoisotopic (exact) mass is 421 g/mol. The van der Waals surface area contributed by atoms with Gasteiger partial charge in [0.05, 0.1) is 20.8 Å². The van der Waals surface area contributed by atoms with Crippen LogP contribution in [0.1, 0.15) is 43.4 Å². The molecular formula is C22H31NO5S. The lowest BCUT2D eigenvalue weighted by atomic mass is 9.98. The highest BCUT2D eigenvalue weighted by Gasteiger charge is 2.22. The number of sulfonamides is 1. The van der Waals surface area contributed by atoms with Crippen molar-refractivity contribution < 1.29 is 22.6 Å². The van der Waals surface area contributed by atoms with Crippen LogP contribution in [0.4, 0.5) is 0 Å². The second-order valence-electron chi connectivity index (χ2n) is 7.08. The van der Waals surface area contributed by atoms with Crippen LogP contribution in [0, 0.1) is 6.92 Å². The molecule has 0 bridgehead atoms. The molecule has 0 saturated heterocycles. The molecule has 0 saturated carbocycles. The van der Waals surface area contributed by atoms with Crippen LogP contribution in [0.5, 0.6) is 17.2 Å². The Labute approximate surface area is 174 Å². The minimum absolute atomic E-state index is 0.181. The molecule has 0 aliphatic carbocycles. The predicted octanol–water partition coefficient (Wildman–Crippen LogP) is 4.06. The summed E-state index contributed by atoms with van der Waals surface area (Å²) in [5.74, 6) is 1.85. The average Bonchev–Trinajstić information content (AvgIpc) is 2.67. The standard InChI is InChI=1S/C22H31NO5S/c1-7-28-21-12-16(4)18(15(2)3)14-22(21)29(24,25)23-11-10-17-8-9-19(26-5)20(13-17)27-6/h8-9,12-15,23H,7,10-11H2,1-6H3. The Bertz CT molecular complexity index is 938. The Morgan fingerprint density at radius 3 is 2.28 bits per heavy atom. The van der Waals surface area contributed by atoms with Crippen LogP contribution in [-0.4, -0.2) is 35.8 Å². The molecule has 0 amide bonds. The van der Waals surface area contributed by atoms with Crippen molar-refractivity contribution in [2.24, 2.45) is 0 Å². The lowest BCUT2D eigenvalue weighted by molar-refractivity contribution is 0.330. The molecule has 0 aromatic heterocycles. The Hall–Kier alpha value is -2.25. The highest BCUT2D eigenvalue weighted by Crippen LogP contribution is 2.31. The van der Waals surface area contributed by atoms with Gasteiger partial charge in [0.15, 0.2) is 11.5 Å². The van der Waals surface area contributed by atoms with Crippen molar-refractivity contribution >= 4 is 10.0 Å². The summed E-state index contributed by atoms with van der Waals surface area (Å²) in [7, 11) is -0.565. The Morgan fingerprint density at radius 1 is 1.00 bits per heavy atom. The van der Waals surface area contributed by atoms with Crippen LogP contribution in [0.15, 0.2) is 35.2 Å². The van der Waals surface area contributed by atoms with Crippen LogP contribution in [0.25, 0.3) is 0 Å². The quantitative estimate of drug-likeness (QED) is 0.626. The van der Waals surface area contributed by atoms with Crippen molar-refractivity contribution in [2.75, 3.05) is 27.4 Å². The summed E-state index contributed by atoms with van der Waals surface area (Å²) in [6, 6.07) is 9.09. The summed E-state index contributed by atoms with van der Waals surface area (Å²) >= 11 is 0. The summed E-state index contributed by atoms with van der Waals surface area (Å²) in [5.41, 5.74) is 2.96. The van der Waals surface area contributed by atoms with Gasteiger partial charge in [-0.1, -0.05) is 19.9 Å². The van der Waals surface area contributed by atoms with E-state index in [1.807, 2.05) is 52.0 Å². The smallest absolute Gasteiger partial charge is 0.244 e. The lowest BCUT2D eigenvalue weighted by Gasteiger charge is -2.17. The second-order valence-corrected chi connectivity index (χ2v) is 8.82. The van der Waals surface area contributed by atoms with E-state index in [-0.39, 0.29) is 17.4 Å². The number of hydrogen-bond acceptors (Lipinski definition) is 5. The van der Waals surface area contributed by atoms with Crippen LogP contribution in [0.3, 0.4) is 0 Å². The van der Waals surface area contributed by atoms with Gasteiger partial charge < -0.3 is 14.2 Å². The van der Waals surface area contributed by atoms with E-state index in [0.717, 1.165) is 16.7 Å². The van der Waals surface area contributed by atoms with Gasteiger partial charge in [-0.05, 0) is 67.1 Å². The first-order valence-corrected chi connectivity index (χ1v) is 11.2. The third-order valence-corrected chi connectivity index (χ3v) is 6.18. The molecule has 0 atom stereocenters. The number of ether oxygens (including phenoxy) is 3. The molecule has 1 N–H and O–H groups in total. The Morgan fingerprint density at radius 2 is 1.69 bits per heavy atom. The molecule has 2 aromatic rings. The molecule has 160 valence electrons. The van der Waals surface area contributed by atoms with Crippen LogP contribution in [0.2, 0.25) is 0 Å². The summed E-state index contributed by atoms with van der Waals surface area (Å²) in [4.78, 5) is 0.181. The summed E-state index contributed by atoms with van der Waals surface area (Å²) in [6.45, 7) is 8.56. The van der Waals surface area contributed by atoms with Gasteiger partial charge in [0.25, 0.3) is 0 Å². The first-order valence-electron chi connectivity index (χ1n) is 9.71. The molecule has 0 aliphatic heterocycles. The molecule has 29 heavy (non-hydrogen) atoms. The van der Waals surface area contributed by atoms with Crippen LogP contribution >= 0.6 is 0 Å². The van der Waals surface area contributed by atoms with E-state index in [4.69, 9.17) is 14.2 Å². The van der Waals surface area contributed by atoms with Crippen molar-refractivity contribution in [1.82, 2.24) is 4.72 Å². The number of methoxy groups -OCH3 is 2. The molecule has 0 heterocycles. The summed E-state index contributed by atoms with van der Waals surface area (Å²) < 4.78 is 44.8. The zero-order chi connectivity index (χ0) is 21.6. The number of hydrogen-bond donors (Lipinski definition) is 1. The third-order valence-electron chi connectivity index (χ3n) is 4.70.